The van der Waals surface area contributed by atoms with Gasteiger partial charge in [0, 0.05) is 0 Å². The molecule has 0 unspecified atom stereocenters. The number of nitrogens with one attached hydrogen (secondary N) is 1. The number of carbonyl (C=O) groups excluding carboxylic acids is 2. The van der Waals surface area contributed by atoms with Gasteiger partial charge in [-0.3, -0.25) is 14.5 Å². The number of hydrogen-bond donors (Lipinski definition) is 2. The summed E-state index contributed by atoms with van der Waals surface area (Å²) >= 11 is 1.16. The molecule has 1 aliphatic heterocycles. The van der Waals surface area contributed by atoms with Crippen molar-refractivity contribution >= 4 is 35.0 Å². The first kappa shape index (κ1) is 22.7. The zero-order chi connectivity index (χ0) is 23.8. The average Bonchev–Trinajstić information content (AvgIpc) is 3.11. The third-order valence-corrected chi connectivity index (χ3v) is 6.43. The van der Waals surface area contributed by atoms with Crippen molar-refractivity contribution in [3.05, 3.63) is 59.4 Å². The van der Waals surface area contributed by atoms with Gasteiger partial charge in [0.1, 0.15) is 17.9 Å². The van der Waals surface area contributed by atoms with Gasteiger partial charge < -0.3 is 15.9 Å². The minimum absolute atomic E-state index is 0.0400. The zero-order valence-corrected chi connectivity index (χ0v) is 19.8. The van der Waals surface area contributed by atoms with Gasteiger partial charge in [0.2, 0.25) is 17.0 Å². The van der Waals surface area contributed by atoms with Gasteiger partial charge in [-0.25, -0.2) is 4.68 Å². The van der Waals surface area contributed by atoms with Crippen molar-refractivity contribution in [1.82, 2.24) is 14.9 Å². The van der Waals surface area contributed by atoms with Gasteiger partial charge in [0.15, 0.2) is 5.82 Å². The molecule has 1 aliphatic rings. The number of carbonyl (C=O) groups is 2. The molecule has 2 heterocycles. The lowest BCUT2D eigenvalue weighted by molar-refractivity contribution is -0.125. The largest absolute Gasteiger partial charge is 0.485 e. The Morgan fingerprint density at radius 3 is 2.70 bits per heavy atom. The van der Waals surface area contributed by atoms with Gasteiger partial charge in [0.05, 0.1) is 17.1 Å². The van der Waals surface area contributed by atoms with Crippen LogP contribution in [-0.2, 0) is 16.2 Å². The number of para-hydroxylation sites is 2. The Morgan fingerprint density at radius 2 is 1.94 bits per heavy atom. The highest BCUT2D eigenvalue weighted by Crippen LogP contribution is 2.37. The maximum Gasteiger partial charge on any atom is 0.250 e. The van der Waals surface area contributed by atoms with Gasteiger partial charge >= 0.3 is 0 Å². The van der Waals surface area contributed by atoms with Crippen LogP contribution in [0.1, 0.15) is 30.8 Å². The molecule has 9 nitrogen and oxygen atoms in total. The molecule has 10 heteroatoms. The first-order valence-corrected chi connectivity index (χ1v) is 11.4. The van der Waals surface area contributed by atoms with E-state index in [1.165, 1.54) is 9.58 Å². The van der Waals surface area contributed by atoms with Crippen LogP contribution in [0.15, 0.2) is 47.6 Å². The molecule has 3 aromatic rings. The van der Waals surface area contributed by atoms with E-state index in [0.29, 0.717) is 22.4 Å². The molecule has 0 radical (unpaired) electrons. The van der Waals surface area contributed by atoms with Crippen molar-refractivity contribution in [3.63, 3.8) is 0 Å². The minimum Gasteiger partial charge on any atom is -0.485 e. The Morgan fingerprint density at radius 1 is 1.18 bits per heavy atom. The number of anilines is 2. The van der Waals surface area contributed by atoms with Crippen molar-refractivity contribution in [2.45, 2.75) is 45.0 Å². The summed E-state index contributed by atoms with van der Waals surface area (Å²) in [5, 5.41) is 11.4. The molecular weight excluding hydrogens is 440 g/mol. The van der Waals surface area contributed by atoms with E-state index in [1.807, 2.05) is 50.2 Å². The molecule has 0 atom stereocenters. The van der Waals surface area contributed by atoms with E-state index < -0.39 is 5.54 Å². The molecule has 33 heavy (non-hydrogen) atoms. The van der Waals surface area contributed by atoms with Crippen LogP contribution < -0.4 is 20.8 Å². The Labute approximate surface area is 196 Å². The molecule has 1 aromatic heterocycles. The minimum atomic E-state index is -1.03. The van der Waals surface area contributed by atoms with E-state index in [2.05, 4.69) is 15.5 Å². The predicted octanol–water partition coefficient (Wildman–Crippen LogP) is 3.04. The van der Waals surface area contributed by atoms with Crippen LogP contribution in [0.3, 0.4) is 0 Å². The second-order valence-electron chi connectivity index (χ2n) is 8.37. The summed E-state index contributed by atoms with van der Waals surface area (Å²) in [5.74, 6) is 6.90. The maximum atomic E-state index is 13.2. The molecule has 2 aromatic carbocycles. The molecule has 0 saturated carbocycles. The van der Waals surface area contributed by atoms with E-state index in [4.69, 9.17) is 10.6 Å². The van der Waals surface area contributed by atoms with Crippen molar-refractivity contribution in [3.8, 4) is 5.75 Å². The molecule has 0 fully saturated rings. The smallest absolute Gasteiger partial charge is 0.250 e. The van der Waals surface area contributed by atoms with Crippen molar-refractivity contribution < 1.29 is 14.3 Å². The number of fused-ring (bicyclic) bond motifs is 1. The molecular formula is C23H26N6O3S. The number of rotatable bonds is 6. The normalized spacial score (nSPS) is 14.5. The third kappa shape index (κ3) is 4.38. The number of nitrogens with zero attached hydrogens (tertiary/aromatic N) is 4. The maximum absolute atomic E-state index is 13.2. The number of thioether (sulfide) groups is 1. The van der Waals surface area contributed by atoms with Crippen molar-refractivity contribution in [1.29, 1.82) is 0 Å². The predicted molar refractivity (Wildman–Crippen MR) is 128 cm³/mol. The van der Waals surface area contributed by atoms with E-state index in [0.717, 1.165) is 28.6 Å². The van der Waals surface area contributed by atoms with Gasteiger partial charge in [0.25, 0.3) is 0 Å². The first-order chi connectivity index (χ1) is 15.7. The fourth-order valence-electron chi connectivity index (χ4n) is 3.70. The summed E-state index contributed by atoms with van der Waals surface area (Å²) in [7, 11) is 0. The van der Waals surface area contributed by atoms with E-state index >= 15 is 0 Å². The molecule has 0 spiro atoms. The van der Waals surface area contributed by atoms with Crippen LogP contribution in [0.4, 0.5) is 11.4 Å². The van der Waals surface area contributed by atoms with Crippen LogP contribution in [-0.4, -0.2) is 38.0 Å². The van der Waals surface area contributed by atoms with E-state index in [-0.39, 0.29) is 24.2 Å². The van der Waals surface area contributed by atoms with E-state index in [9.17, 15) is 9.59 Å². The van der Waals surface area contributed by atoms with Gasteiger partial charge in [-0.1, -0.05) is 41.6 Å². The second-order valence-corrected chi connectivity index (χ2v) is 9.32. The second kappa shape index (κ2) is 8.78. The number of ether oxygens (including phenoxy) is 1. The summed E-state index contributed by atoms with van der Waals surface area (Å²) in [5.41, 5.74) is 2.40. The zero-order valence-electron chi connectivity index (χ0n) is 19.0. The Balaban J connectivity index is 1.45. The van der Waals surface area contributed by atoms with Crippen LogP contribution in [0.25, 0.3) is 0 Å². The topological polar surface area (TPSA) is 115 Å². The standard InChI is InChI=1S/C23H26N6O3S/c1-14-9-10-18(15(2)11-14)32-12-19-26-27-22(29(19)24)33-13-20(30)28-17-8-6-5-7-16(17)25-21(31)23(28,3)4/h5-11H,12-13,24H2,1-4H3,(H,25,31). The fraction of sp³-hybridized carbons (Fsp3) is 0.304. The number of benzene rings is 2. The monoisotopic (exact) mass is 466 g/mol. The van der Waals surface area contributed by atoms with Gasteiger partial charge in [-0.2, -0.15) is 0 Å². The summed E-state index contributed by atoms with van der Waals surface area (Å²) in [6.07, 6.45) is 0. The Kier molecular flexibility index (Phi) is 6.03. The lowest BCUT2D eigenvalue weighted by atomic mass is 9.96. The summed E-state index contributed by atoms with van der Waals surface area (Å²) in [4.78, 5) is 27.3. The highest BCUT2D eigenvalue weighted by Gasteiger charge is 2.43. The quantitative estimate of drug-likeness (QED) is 0.424. The molecule has 0 saturated heterocycles. The Bertz CT molecular complexity index is 1220. The lowest BCUT2D eigenvalue weighted by Gasteiger charge is -2.42. The van der Waals surface area contributed by atoms with Crippen LogP contribution in [0.2, 0.25) is 0 Å². The van der Waals surface area contributed by atoms with Crippen molar-refractivity contribution in [2.24, 2.45) is 0 Å². The summed E-state index contributed by atoms with van der Waals surface area (Å²) in [6.45, 7) is 7.58. The number of aromatic nitrogens is 3. The average molecular weight is 467 g/mol. The van der Waals surface area contributed by atoms with Gasteiger partial charge in [-0.05, 0) is 51.5 Å². The molecule has 2 amide bonds. The van der Waals surface area contributed by atoms with Crippen LogP contribution in [0, 0.1) is 13.8 Å². The molecule has 0 bridgehead atoms. The number of nitrogen functional groups attached to an aromatic ring is 1. The number of hydrogen-bond acceptors (Lipinski definition) is 7. The van der Waals surface area contributed by atoms with Crippen molar-refractivity contribution in [2.75, 3.05) is 21.8 Å². The van der Waals surface area contributed by atoms with Gasteiger partial charge in [-0.15, -0.1) is 10.2 Å². The number of nitrogens with two attached hydrogens (primary N) is 1. The number of amides is 2. The van der Waals surface area contributed by atoms with E-state index in [1.54, 1.807) is 19.9 Å². The molecule has 3 N–H and O–H groups in total. The summed E-state index contributed by atoms with van der Waals surface area (Å²) in [6, 6.07) is 13.1. The number of aryl methyl sites for hydroxylation is 2. The summed E-state index contributed by atoms with van der Waals surface area (Å²) < 4.78 is 7.16. The van der Waals surface area contributed by atoms with Crippen LogP contribution in [0.5, 0.6) is 5.75 Å². The highest BCUT2D eigenvalue weighted by molar-refractivity contribution is 7.99. The SMILES string of the molecule is Cc1ccc(OCc2nnc(SCC(=O)N3c4ccccc4NC(=O)C3(C)C)n2N)c(C)c1. The molecule has 0 aliphatic carbocycles. The molecule has 172 valence electrons. The molecule has 4 rings (SSSR count). The highest BCUT2D eigenvalue weighted by atomic mass is 32.2. The Hall–Kier alpha value is -3.53. The third-order valence-electron chi connectivity index (χ3n) is 5.50. The fourth-order valence-corrected chi connectivity index (χ4v) is 4.42. The van der Waals surface area contributed by atoms with Crippen LogP contribution >= 0.6 is 11.8 Å². The lowest BCUT2D eigenvalue weighted by Crippen LogP contribution is -2.59. The first-order valence-electron chi connectivity index (χ1n) is 10.4.